The second kappa shape index (κ2) is 3.14. The number of nitrogens with two attached hydrogens (primary N) is 1. The summed E-state index contributed by atoms with van der Waals surface area (Å²) in [5.74, 6) is 0.531. The Bertz CT molecular complexity index is 422. The Morgan fingerprint density at radius 1 is 1.23 bits per heavy atom. The van der Waals surface area contributed by atoms with Gasteiger partial charge in [0.25, 0.3) is 0 Å². The summed E-state index contributed by atoms with van der Waals surface area (Å²) in [5.41, 5.74) is 7.30. The molecular formula is C9H9N3S. The van der Waals surface area contributed by atoms with E-state index in [1.54, 1.807) is 17.4 Å². The van der Waals surface area contributed by atoms with Crippen LogP contribution >= 0.6 is 11.3 Å². The molecule has 4 heteroatoms. The number of rotatable bonds is 1. The van der Waals surface area contributed by atoms with Crippen LogP contribution in [0.2, 0.25) is 0 Å². The van der Waals surface area contributed by atoms with E-state index in [0.717, 1.165) is 16.4 Å². The molecule has 0 saturated carbocycles. The molecule has 2 aromatic heterocycles. The van der Waals surface area contributed by atoms with Crippen molar-refractivity contribution in [1.29, 1.82) is 0 Å². The maximum atomic E-state index is 5.57. The van der Waals surface area contributed by atoms with Gasteiger partial charge in [-0.25, -0.2) is 9.97 Å². The van der Waals surface area contributed by atoms with Gasteiger partial charge in [0.15, 0.2) is 0 Å². The topological polar surface area (TPSA) is 51.8 Å². The summed E-state index contributed by atoms with van der Waals surface area (Å²) in [6.45, 7) is 1.97. The van der Waals surface area contributed by atoms with Crippen LogP contribution < -0.4 is 5.73 Å². The largest absolute Gasteiger partial charge is 0.384 e. The van der Waals surface area contributed by atoms with Crippen LogP contribution in [-0.2, 0) is 0 Å². The van der Waals surface area contributed by atoms with E-state index in [1.165, 1.54) is 0 Å². The monoisotopic (exact) mass is 191 g/mol. The quantitative estimate of drug-likeness (QED) is 0.751. The zero-order valence-electron chi connectivity index (χ0n) is 7.19. The van der Waals surface area contributed by atoms with Crippen molar-refractivity contribution in [3.63, 3.8) is 0 Å². The molecule has 0 spiro atoms. The number of anilines is 1. The fourth-order valence-electron chi connectivity index (χ4n) is 1.08. The number of pyridine rings is 1. The summed E-state index contributed by atoms with van der Waals surface area (Å²) < 4.78 is 0. The maximum absolute atomic E-state index is 5.57. The molecule has 66 valence electrons. The number of nitrogens with zero attached hydrogens (tertiary/aromatic N) is 2. The molecule has 2 aromatic rings. The zero-order valence-corrected chi connectivity index (χ0v) is 8.01. The summed E-state index contributed by atoms with van der Waals surface area (Å²) in [4.78, 5) is 8.50. The van der Waals surface area contributed by atoms with Crippen molar-refractivity contribution >= 4 is 17.2 Å². The second-order valence-corrected chi connectivity index (χ2v) is 3.76. The Hall–Kier alpha value is -1.42. The molecular weight excluding hydrogens is 182 g/mol. The lowest BCUT2D eigenvalue weighted by Gasteiger charge is -1.96. The summed E-state index contributed by atoms with van der Waals surface area (Å²) in [7, 11) is 0. The lowest BCUT2D eigenvalue weighted by Crippen LogP contribution is -1.91. The van der Waals surface area contributed by atoms with Crippen LogP contribution in [0.4, 0.5) is 5.82 Å². The molecule has 0 bridgehead atoms. The van der Waals surface area contributed by atoms with Crippen LogP contribution in [0.5, 0.6) is 0 Å². The Labute approximate surface area is 80.3 Å². The molecule has 2 rings (SSSR count). The summed E-state index contributed by atoms with van der Waals surface area (Å²) in [5, 5.41) is 3.02. The molecule has 0 saturated heterocycles. The van der Waals surface area contributed by atoms with Crippen molar-refractivity contribution in [2.24, 2.45) is 0 Å². The first kappa shape index (κ1) is 8.19. The first-order valence-electron chi connectivity index (χ1n) is 3.91. The Morgan fingerprint density at radius 2 is 2.08 bits per heavy atom. The molecule has 2 heterocycles. The highest BCUT2D eigenvalue weighted by atomic mass is 32.1. The molecule has 0 unspecified atom stereocenters. The van der Waals surface area contributed by atoms with Crippen LogP contribution in [0.3, 0.4) is 0 Å². The third-order valence-electron chi connectivity index (χ3n) is 1.65. The van der Waals surface area contributed by atoms with E-state index in [2.05, 4.69) is 9.97 Å². The molecule has 0 aliphatic heterocycles. The van der Waals surface area contributed by atoms with Gasteiger partial charge in [0.2, 0.25) is 0 Å². The van der Waals surface area contributed by atoms with Gasteiger partial charge < -0.3 is 5.73 Å². The molecule has 0 atom stereocenters. The van der Waals surface area contributed by atoms with Gasteiger partial charge in [-0.15, -0.1) is 11.3 Å². The summed E-state index contributed by atoms with van der Waals surface area (Å²) in [6.07, 6.45) is 0. The van der Waals surface area contributed by atoms with Gasteiger partial charge in [-0.3, -0.25) is 0 Å². The highest BCUT2D eigenvalue weighted by molar-refractivity contribution is 7.09. The number of aromatic nitrogens is 2. The van der Waals surface area contributed by atoms with Gasteiger partial charge >= 0.3 is 0 Å². The molecule has 0 aliphatic rings. The van der Waals surface area contributed by atoms with Crippen molar-refractivity contribution in [3.8, 4) is 11.4 Å². The first-order valence-corrected chi connectivity index (χ1v) is 4.79. The predicted octanol–water partition coefficient (Wildman–Crippen LogP) is 2.10. The summed E-state index contributed by atoms with van der Waals surface area (Å²) >= 11 is 1.61. The van der Waals surface area contributed by atoms with Crippen molar-refractivity contribution in [2.75, 3.05) is 5.73 Å². The van der Waals surface area contributed by atoms with Gasteiger partial charge in [-0.1, -0.05) is 6.07 Å². The molecule has 3 nitrogen and oxygen atoms in total. The van der Waals surface area contributed by atoms with Gasteiger partial charge in [0.05, 0.1) is 16.4 Å². The highest BCUT2D eigenvalue weighted by Crippen LogP contribution is 2.19. The molecule has 0 aromatic carbocycles. The van der Waals surface area contributed by atoms with E-state index >= 15 is 0 Å². The van der Waals surface area contributed by atoms with Crippen LogP contribution in [0.15, 0.2) is 23.6 Å². The van der Waals surface area contributed by atoms with E-state index < -0.39 is 0 Å². The number of hydrogen-bond acceptors (Lipinski definition) is 4. The van der Waals surface area contributed by atoms with Crippen molar-refractivity contribution < 1.29 is 0 Å². The highest BCUT2D eigenvalue weighted by Gasteiger charge is 2.02. The fourth-order valence-corrected chi connectivity index (χ4v) is 1.68. The van der Waals surface area contributed by atoms with Gasteiger partial charge in [-0.2, -0.15) is 0 Å². The molecule has 2 N–H and O–H groups in total. The van der Waals surface area contributed by atoms with Gasteiger partial charge in [0, 0.05) is 5.38 Å². The summed E-state index contributed by atoms with van der Waals surface area (Å²) in [6, 6.07) is 5.56. The van der Waals surface area contributed by atoms with Crippen LogP contribution in [-0.4, -0.2) is 9.97 Å². The Balaban J connectivity index is 2.46. The van der Waals surface area contributed by atoms with Crippen molar-refractivity contribution in [1.82, 2.24) is 9.97 Å². The number of aryl methyl sites for hydroxylation is 1. The molecule has 0 radical (unpaired) electrons. The third-order valence-corrected chi connectivity index (χ3v) is 2.43. The average molecular weight is 191 g/mol. The second-order valence-electron chi connectivity index (χ2n) is 2.70. The van der Waals surface area contributed by atoms with Crippen LogP contribution in [0.25, 0.3) is 11.4 Å². The van der Waals surface area contributed by atoms with Crippen LogP contribution in [0, 0.1) is 6.92 Å². The lowest BCUT2D eigenvalue weighted by atomic mass is 10.3. The normalized spacial score (nSPS) is 10.2. The first-order chi connectivity index (χ1) is 6.25. The van der Waals surface area contributed by atoms with E-state index in [9.17, 15) is 0 Å². The number of nitrogen functional groups attached to an aromatic ring is 1. The average Bonchev–Trinajstić information content (AvgIpc) is 2.52. The van der Waals surface area contributed by atoms with Crippen LogP contribution in [0.1, 0.15) is 5.01 Å². The smallest absolute Gasteiger partial charge is 0.124 e. The van der Waals surface area contributed by atoms with Gasteiger partial charge in [-0.05, 0) is 19.1 Å². The van der Waals surface area contributed by atoms with E-state index in [1.807, 2.05) is 24.4 Å². The van der Waals surface area contributed by atoms with E-state index in [0.29, 0.717) is 5.82 Å². The van der Waals surface area contributed by atoms with E-state index in [-0.39, 0.29) is 0 Å². The van der Waals surface area contributed by atoms with Gasteiger partial charge in [0.1, 0.15) is 5.82 Å². The SMILES string of the molecule is Cc1nc(-c2cccc(N)n2)cs1. The minimum atomic E-state index is 0.531. The lowest BCUT2D eigenvalue weighted by molar-refractivity contribution is 1.25. The number of thiazole rings is 1. The maximum Gasteiger partial charge on any atom is 0.124 e. The Kier molecular flexibility index (Phi) is 1.98. The molecule has 13 heavy (non-hydrogen) atoms. The number of hydrogen-bond donors (Lipinski definition) is 1. The van der Waals surface area contributed by atoms with Crippen molar-refractivity contribution in [2.45, 2.75) is 6.92 Å². The standard InChI is InChI=1S/C9H9N3S/c1-6-11-8(5-13-6)7-3-2-4-9(10)12-7/h2-5H,1H3,(H2,10,12). The van der Waals surface area contributed by atoms with Crippen molar-refractivity contribution in [3.05, 3.63) is 28.6 Å². The fraction of sp³-hybridized carbons (Fsp3) is 0.111. The van der Waals surface area contributed by atoms with E-state index in [4.69, 9.17) is 5.73 Å². The molecule has 0 aliphatic carbocycles. The minimum absolute atomic E-state index is 0.531. The third kappa shape index (κ3) is 1.67. The molecule has 0 amide bonds. The zero-order chi connectivity index (χ0) is 9.26. The Morgan fingerprint density at radius 3 is 2.69 bits per heavy atom. The molecule has 0 fully saturated rings. The predicted molar refractivity (Wildman–Crippen MR) is 54.5 cm³/mol. The minimum Gasteiger partial charge on any atom is -0.384 e.